The maximum absolute atomic E-state index is 4.89. The van der Waals surface area contributed by atoms with E-state index in [2.05, 4.69) is 91.4 Å². The summed E-state index contributed by atoms with van der Waals surface area (Å²) in [7, 11) is 0. The van der Waals surface area contributed by atoms with Crippen molar-refractivity contribution >= 4 is 5.57 Å². The van der Waals surface area contributed by atoms with Crippen molar-refractivity contribution in [2.75, 3.05) is 0 Å². The van der Waals surface area contributed by atoms with Crippen LogP contribution in [0.2, 0.25) is 0 Å². The van der Waals surface area contributed by atoms with Crippen LogP contribution in [0.15, 0.2) is 89.6 Å². The summed E-state index contributed by atoms with van der Waals surface area (Å²) in [6.07, 6.45) is 11.5. The Morgan fingerprint density at radius 3 is 2.33 bits per heavy atom. The van der Waals surface area contributed by atoms with Crippen LogP contribution in [0.1, 0.15) is 109 Å². The van der Waals surface area contributed by atoms with Crippen LogP contribution in [0, 0.1) is 29.1 Å². The minimum Gasteiger partial charge on any atom is -0.0955 e. The van der Waals surface area contributed by atoms with Crippen molar-refractivity contribution in [1.82, 2.24) is 0 Å². The third kappa shape index (κ3) is 4.23. The van der Waals surface area contributed by atoms with Crippen molar-refractivity contribution in [2.45, 2.75) is 106 Å². The third-order valence-electron chi connectivity index (χ3n) is 12.3. The van der Waals surface area contributed by atoms with Crippen LogP contribution >= 0.6 is 0 Å². The number of aryl methyl sites for hydroxylation is 1. The molecular weight excluding hydrogens is 504 g/mol. The topological polar surface area (TPSA) is 0 Å². The lowest BCUT2D eigenvalue weighted by Gasteiger charge is -2.62. The number of fused-ring (bicyclic) bond motifs is 3. The number of allylic oxidation sites excluding steroid dienone is 7. The van der Waals surface area contributed by atoms with Gasteiger partial charge in [-0.25, -0.2) is 0 Å². The average Bonchev–Trinajstić information content (AvgIpc) is 2.91. The normalized spacial score (nSPS) is 29.8. The van der Waals surface area contributed by atoms with Gasteiger partial charge in [0.15, 0.2) is 0 Å². The van der Waals surface area contributed by atoms with Crippen LogP contribution in [-0.2, 0) is 12.8 Å². The summed E-state index contributed by atoms with van der Waals surface area (Å²) < 4.78 is 0. The summed E-state index contributed by atoms with van der Waals surface area (Å²) in [5.74, 6) is 0.848. The molecule has 3 atom stereocenters. The molecule has 0 heteroatoms. The lowest BCUT2D eigenvalue weighted by Crippen LogP contribution is -2.52. The van der Waals surface area contributed by atoms with Gasteiger partial charge in [0.2, 0.25) is 0 Å². The molecule has 0 unspecified atom stereocenters. The first kappa shape index (κ1) is 29.2. The second-order valence-electron chi connectivity index (χ2n) is 15.4. The molecule has 4 aliphatic carbocycles. The quantitative estimate of drug-likeness (QED) is 0.351. The average molecular weight is 557 g/mol. The minimum atomic E-state index is -0.116. The molecule has 0 heterocycles. The predicted molar refractivity (Wildman–Crippen MR) is 183 cm³/mol. The molecule has 220 valence electrons. The molecule has 4 aliphatic rings. The second-order valence-corrected chi connectivity index (χ2v) is 15.4. The third-order valence-corrected chi connectivity index (χ3v) is 12.3. The molecular formula is C42H52. The van der Waals surface area contributed by atoms with E-state index in [1.54, 1.807) is 0 Å². The standard InChI is InChI=1S/C42H52/c1-26(2)37-28(4)23-41(9)25-40(8)24-36-35(34-18-14-17-33(22-34)21-32-15-12-11-13-16-32)20-19-27(3)38(36)29(5)39(40)31(7)42(41,10)30(37)6/h14,17-20,22,32H,1,5-6,11-13,15-16,21,23-25H2,2-4,7-10H3/t40-,41+,42-/m1/s1. The van der Waals surface area contributed by atoms with Crippen LogP contribution in [0.4, 0.5) is 0 Å². The first-order valence-corrected chi connectivity index (χ1v) is 16.5. The monoisotopic (exact) mass is 556 g/mol. The van der Waals surface area contributed by atoms with Crippen molar-refractivity contribution in [3.63, 3.8) is 0 Å². The number of hydrogen-bond acceptors (Lipinski definition) is 0. The molecule has 0 aromatic heterocycles. The van der Waals surface area contributed by atoms with E-state index in [-0.39, 0.29) is 16.2 Å². The fourth-order valence-corrected chi connectivity index (χ4v) is 10.4. The summed E-state index contributed by atoms with van der Waals surface area (Å²) in [5.41, 5.74) is 17.9. The predicted octanol–water partition coefficient (Wildman–Crippen LogP) is 11.9. The lowest BCUT2D eigenvalue weighted by molar-refractivity contribution is 0.0544. The fourth-order valence-electron chi connectivity index (χ4n) is 10.4. The highest BCUT2D eigenvalue weighted by Gasteiger charge is 2.59. The Kier molecular flexibility index (Phi) is 7.03. The first-order chi connectivity index (χ1) is 19.8. The van der Waals surface area contributed by atoms with Gasteiger partial charge in [-0.05, 0) is 126 Å². The summed E-state index contributed by atoms with van der Waals surface area (Å²) in [4.78, 5) is 0. The van der Waals surface area contributed by atoms with Gasteiger partial charge in [0.1, 0.15) is 0 Å². The molecule has 2 aromatic carbocycles. The van der Waals surface area contributed by atoms with Gasteiger partial charge < -0.3 is 0 Å². The van der Waals surface area contributed by atoms with E-state index in [1.807, 2.05) is 0 Å². The number of benzene rings is 2. The Bertz CT molecular complexity index is 1580. The molecule has 0 nitrogen and oxygen atoms in total. The Hall–Kier alpha value is -2.86. The van der Waals surface area contributed by atoms with Crippen molar-refractivity contribution in [1.29, 1.82) is 0 Å². The Balaban J connectivity index is 1.47. The molecule has 42 heavy (non-hydrogen) atoms. The summed E-state index contributed by atoms with van der Waals surface area (Å²) in [6, 6.07) is 14.2. The van der Waals surface area contributed by atoms with Crippen LogP contribution in [-0.4, -0.2) is 0 Å². The van der Waals surface area contributed by atoms with E-state index in [0.29, 0.717) is 0 Å². The lowest BCUT2D eigenvalue weighted by atomic mass is 9.41. The molecule has 0 radical (unpaired) electrons. The summed E-state index contributed by atoms with van der Waals surface area (Å²) in [5, 5.41) is 0. The molecule has 6 rings (SSSR count). The molecule has 0 saturated heterocycles. The van der Waals surface area contributed by atoms with Gasteiger partial charge in [-0.2, -0.15) is 0 Å². The van der Waals surface area contributed by atoms with Crippen LogP contribution in [0.5, 0.6) is 0 Å². The van der Waals surface area contributed by atoms with Crippen molar-refractivity contribution in [2.24, 2.45) is 22.2 Å². The van der Waals surface area contributed by atoms with Gasteiger partial charge in [-0.1, -0.05) is 126 Å². The summed E-state index contributed by atoms with van der Waals surface area (Å²) >= 11 is 0. The van der Waals surface area contributed by atoms with Gasteiger partial charge in [0.25, 0.3) is 0 Å². The largest absolute Gasteiger partial charge is 0.0955 e. The molecule has 0 bridgehead atoms. The van der Waals surface area contributed by atoms with Gasteiger partial charge in [-0.3, -0.25) is 0 Å². The van der Waals surface area contributed by atoms with E-state index < -0.39 is 0 Å². The van der Waals surface area contributed by atoms with E-state index in [4.69, 9.17) is 13.2 Å². The summed E-state index contributed by atoms with van der Waals surface area (Å²) in [6.45, 7) is 30.7. The van der Waals surface area contributed by atoms with Crippen molar-refractivity contribution in [3.05, 3.63) is 112 Å². The van der Waals surface area contributed by atoms with E-state index in [9.17, 15) is 0 Å². The Morgan fingerprint density at radius 2 is 1.64 bits per heavy atom. The Morgan fingerprint density at radius 1 is 0.929 bits per heavy atom. The molecule has 1 fully saturated rings. The second kappa shape index (κ2) is 10.1. The first-order valence-electron chi connectivity index (χ1n) is 16.5. The minimum absolute atomic E-state index is 0.0337. The maximum atomic E-state index is 4.89. The van der Waals surface area contributed by atoms with Crippen molar-refractivity contribution < 1.29 is 0 Å². The van der Waals surface area contributed by atoms with Crippen LogP contribution in [0.25, 0.3) is 16.7 Å². The maximum Gasteiger partial charge on any atom is 0.0194 e. The molecule has 0 spiro atoms. The van der Waals surface area contributed by atoms with Gasteiger partial charge >= 0.3 is 0 Å². The molecule has 0 N–H and O–H groups in total. The SMILES string of the molecule is C=C(C)C1=C(C)C[C@@]2(C)C[C@@]3(C)Cc4c(-c5cccc(CC6CCCCC6)c5)ccc(C)c4C(=C)C3=C(C)[C@@]2(C)C1=C. The highest BCUT2D eigenvalue weighted by atomic mass is 14.6. The zero-order chi connectivity index (χ0) is 30.2. The van der Waals surface area contributed by atoms with E-state index >= 15 is 0 Å². The molecule has 0 aliphatic heterocycles. The van der Waals surface area contributed by atoms with Gasteiger partial charge in [-0.15, -0.1) is 0 Å². The van der Waals surface area contributed by atoms with Crippen LogP contribution < -0.4 is 0 Å². The fraction of sp³-hybridized carbons (Fsp3) is 0.476. The Labute approximate surface area is 256 Å². The molecule has 1 saturated carbocycles. The van der Waals surface area contributed by atoms with Crippen molar-refractivity contribution in [3.8, 4) is 11.1 Å². The molecule has 2 aromatic rings. The van der Waals surface area contributed by atoms with Gasteiger partial charge in [0.05, 0.1) is 0 Å². The smallest absolute Gasteiger partial charge is 0.0194 e. The number of rotatable bonds is 4. The van der Waals surface area contributed by atoms with E-state index in [1.165, 1.54) is 105 Å². The highest BCUT2D eigenvalue weighted by Crippen LogP contribution is 2.70. The number of hydrogen-bond donors (Lipinski definition) is 0. The zero-order valence-electron chi connectivity index (χ0n) is 27.5. The van der Waals surface area contributed by atoms with Crippen LogP contribution in [0.3, 0.4) is 0 Å². The van der Waals surface area contributed by atoms with Gasteiger partial charge in [0, 0.05) is 5.41 Å². The molecule has 0 amide bonds. The highest BCUT2D eigenvalue weighted by molar-refractivity contribution is 5.90. The zero-order valence-corrected chi connectivity index (χ0v) is 27.5. The van der Waals surface area contributed by atoms with E-state index in [0.717, 1.165) is 30.8 Å².